The number of carbonyl (C=O) groups excluding carboxylic acids is 1. The van der Waals surface area contributed by atoms with Gasteiger partial charge in [-0.15, -0.1) is 11.6 Å². The lowest BCUT2D eigenvalue weighted by Gasteiger charge is -2.26. The monoisotopic (exact) mass is 239 g/mol. The van der Waals surface area contributed by atoms with E-state index in [9.17, 15) is 4.79 Å². The second-order valence-electron chi connectivity index (χ2n) is 3.93. The lowest BCUT2D eigenvalue weighted by atomic mass is 9.98. The van der Waals surface area contributed by atoms with E-state index in [4.69, 9.17) is 16.3 Å². The second-order valence-corrected chi connectivity index (χ2v) is 4.20. The summed E-state index contributed by atoms with van der Waals surface area (Å²) in [4.78, 5) is 11.3. The Morgan fingerprint density at radius 2 is 2.44 bits per heavy atom. The van der Waals surface area contributed by atoms with Gasteiger partial charge >= 0.3 is 0 Å². The van der Waals surface area contributed by atoms with Gasteiger partial charge in [-0.25, -0.2) is 0 Å². The van der Waals surface area contributed by atoms with Crippen LogP contribution < -0.4 is 10.1 Å². The fourth-order valence-corrected chi connectivity index (χ4v) is 1.97. The summed E-state index contributed by atoms with van der Waals surface area (Å²) < 4.78 is 5.54. The minimum absolute atomic E-state index is 0.00148. The summed E-state index contributed by atoms with van der Waals surface area (Å²) >= 11 is 5.49. The number of hydrogen-bond acceptors (Lipinski definition) is 2. The van der Waals surface area contributed by atoms with E-state index in [0.717, 1.165) is 23.3 Å². The smallest absolute Gasteiger partial charge is 0.235 e. The predicted molar refractivity (Wildman–Crippen MR) is 62.9 cm³/mol. The number of halogens is 1. The zero-order chi connectivity index (χ0) is 11.5. The van der Waals surface area contributed by atoms with Gasteiger partial charge in [0.25, 0.3) is 0 Å². The molecular weight excluding hydrogens is 226 g/mol. The molecule has 1 atom stereocenters. The van der Waals surface area contributed by atoms with Crippen molar-refractivity contribution in [2.45, 2.75) is 19.4 Å². The number of alkyl halides is 1. The molecule has 4 heteroatoms. The van der Waals surface area contributed by atoms with Gasteiger partial charge in [-0.05, 0) is 13.0 Å². The van der Waals surface area contributed by atoms with Gasteiger partial charge in [-0.3, -0.25) is 4.79 Å². The Labute approximate surface area is 99.7 Å². The molecule has 1 aromatic carbocycles. The van der Waals surface area contributed by atoms with Crippen LogP contribution in [-0.2, 0) is 4.79 Å². The van der Waals surface area contributed by atoms with Crippen LogP contribution in [0.25, 0.3) is 0 Å². The van der Waals surface area contributed by atoms with Crippen LogP contribution >= 0.6 is 11.6 Å². The molecule has 1 heterocycles. The summed E-state index contributed by atoms with van der Waals surface area (Å²) in [6, 6.07) is 6.02. The average Bonchev–Trinajstić information content (AvgIpc) is 2.29. The van der Waals surface area contributed by atoms with Gasteiger partial charge in [0.1, 0.15) is 11.6 Å². The van der Waals surface area contributed by atoms with Gasteiger partial charge in [0, 0.05) is 12.0 Å². The summed E-state index contributed by atoms with van der Waals surface area (Å²) in [7, 11) is 0. The first-order valence-corrected chi connectivity index (χ1v) is 5.83. The topological polar surface area (TPSA) is 38.3 Å². The Balaban J connectivity index is 2.24. The van der Waals surface area contributed by atoms with Crippen LogP contribution in [0, 0.1) is 6.92 Å². The van der Waals surface area contributed by atoms with E-state index in [1.165, 1.54) is 0 Å². The van der Waals surface area contributed by atoms with Gasteiger partial charge < -0.3 is 10.1 Å². The molecule has 0 aromatic heterocycles. The highest BCUT2D eigenvalue weighted by molar-refractivity contribution is 6.27. The molecule has 1 aliphatic rings. The molecule has 0 bridgehead atoms. The van der Waals surface area contributed by atoms with Crippen molar-refractivity contribution >= 4 is 17.5 Å². The van der Waals surface area contributed by atoms with Gasteiger partial charge in [-0.2, -0.15) is 0 Å². The summed E-state index contributed by atoms with van der Waals surface area (Å²) in [5, 5.41) is 2.90. The molecule has 0 fully saturated rings. The van der Waals surface area contributed by atoms with Gasteiger partial charge in [0.15, 0.2) is 0 Å². The number of fused-ring (bicyclic) bond motifs is 1. The Morgan fingerprint density at radius 3 is 3.19 bits per heavy atom. The summed E-state index contributed by atoms with van der Waals surface area (Å²) in [5.74, 6) is 0.719. The van der Waals surface area contributed by atoms with Crippen LogP contribution in [0.1, 0.15) is 23.6 Å². The molecule has 0 radical (unpaired) electrons. The largest absolute Gasteiger partial charge is 0.493 e. The number of amides is 1. The molecule has 0 spiro atoms. The van der Waals surface area contributed by atoms with E-state index >= 15 is 0 Å². The maximum atomic E-state index is 11.3. The molecule has 1 aromatic rings. The number of benzene rings is 1. The molecule has 2 rings (SSSR count). The van der Waals surface area contributed by atoms with E-state index in [1.54, 1.807) is 0 Å². The van der Waals surface area contributed by atoms with Crippen LogP contribution in [0.2, 0.25) is 0 Å². The Kier molecular flexibility index (Phi) is 3.34. The molecule has 1 N–H and O–H groups in total. The van der Waals surface area contributed by atoms with Crippen molar-refractivity contribution in [3.05, 3.63) is 29.3 Å². The van der Waals surface area contributed by atoms with Crippen molar-refractivity contribution in [2.24, 2.45) is 0 Å². The van der Waals surface area contributed by atoms with Crippen molar-refractivity contribution < 1.29 is 9.53 Å². The quantitative estimate of drug-likeness (QED) is 0.804. The number of ether oxygens (including phenoxy) is 1. The summed E-state index contributed by atoms with van der Waals surface area (Å²) in [6.45, 7) is 2.65. The molecule has 1 amide bonds. The molecule has 86 valence electrons. The number of rotatable bonds is 2. The first-order valence-electron chi connectivity index (χ1n) is 5.29. The average molecular weight is 240 g/mol. The standard InChI is InChI=1S/C12H14ClNO2/c1-8-2-3-11-9(6-8)10(4-5-16-11)14-12(15)7-13/h2-3,6,10H,4-5,7H2,1H3,(H,14,15). The molecule has 1 unspecified atom stereocenters. The zero-order valence-electron chi connectivity index (χ0n) is 9.13. The lowest BCUT2D eigenvalue weighted by molar-refractivity contribution is -0.119. The minimum atomic E-state index is -0.138. The number of carbonyl (C=O) groups is 1. The molecular formula is C12H14ClNO2. The number of hydrogen-bond donors (Lipinski definition) is 1. The molecule has 0 aliphatic carbocycles. The van der Waals surface area contributed by atoms with Crippen LogP contribution in [0.4, 0.5) is 0 Å². The van der Waals surface area contributed by atoms with Gasteiger partial charge in [-0.1, -0.05) is 17.7 Å². The van der Waals surface area contributed by atoms with Crippen LogP contribution in [0.15, 0.2) is 18.2 Å². The predicted octanol–water partition coefficient (Wildman–Crippen LogP) is 2.17. The maximum absolute atomic E-state index is 11.3. The third-order valence-corrected chi connectivity index (χ3v) is 2.90. The van der Waals surface area contributed by atoms with Crippen molar-refractivity contribution in [2.75, 3.05) is 12.5 Å². The van der Waals surface area contributed by atoms with Crippen molar-refractivity contribution in [1.29, 1.82) is 0 Å². The Bertz CT molecular complexity index is 406. The molecule has 0 saturated heterocycles. The summed E-state index contributed by atoms with van der Waals surface area (Å²) in [6.07, 6.45) is 0.791. The molecule has 3 nitrogen and oxygen atoms in total. The first kappa shape index (κ1) is 11.3. The van der Waals surface area contributed by atoms with E-state index in [-0.39, 0.29) is 17.8 Å². The van der Waals surface area contributed by atoms with E-state index in [0.29, 0.717) is 6.61 Å². The van der Waals surface area contributed by atoms with Crippen molar-refractivity contribution in [3.8, 4) is 5.75 Å². The number of nitrogens with one attached hydrogen (secondary N) is 1. The first-order chi connectivity index (χ1) is 7.70. The number of aryl methyl sites for hydroxylation is 1. The van der Waals surface area contributed by atoms with Crippen LogP contribution in [0.5, 0.6) is 5.75 Å². The molecule has 16 heavy (non-hydrogen) atoms. The van der Waals surface area contributed by atoms with Gasteiger partial charge in [0.05, 0.1) is 12.6 Å². The fourth-order valence-electron chi connectivity index (χ4n) is 1.90. The second kappa shape index (κ2) is 4.74. The Morgan fingerprint density at radius 1 is 1.62 bits per heavy atom. The molecule has 1 aliphatic heterocycles. The van der Waals surface area contributed by atoms with Gasteiger partial charge in [0.2, 0.25) is 5.91 Å². The SMILES string of the molecule is Cc1ccc2c(c1)C(NC(=O)CCl)CCO2. The highest BCUT2D eigenvalue weighted by Gasteiger charge is 2.22. The van der Waals surface area contributed by atoms with Crippen LogP contribution in [0.3, 0.4) is 0 Å². The normalized spacial score (nSPS) is 18.5. The summed E-state index contributed by atoms with van der Waals surface area (Å²) in [5.41, 5.74) is 2.21. The lowest BCUT2D eigenvalue weighted by Crippen LogP contribution is -2.32. The van der Waals surface area contributed by atoms with E-state index in [1.807, 2.05) is 25.1 Å². The van der Waals surface area contributed by atoms with E-state index in [2.05, 4.69) is 5.32 Å². The zero-order valence-corrected chi connectivity index (χ0v) is 9.88. The molecule has 0 saturated carbocycles. The Hall–Kier alpha value is -1.22. The van der Waals surface area contributed by atoms with Crippen LogP contribution in [-0.4, -0.2) is 18.4 Å². The van der Waals surface area contributed by atoms with Crippen molar-refractivity contribution in [3.63, 3.8) is 0 Å². The highest BCUT2D eigenvalue weighted by atomic mass is 35.5. The van der Waals surface area contributed by atoms with Crippen molar-refractivity contribution in [1.82, 2.24) is 5.32 Å². The fraction of sp³-hybridized carbons (Fsp3) is 0.417. The van der Waals surface area contributed by atoms with E-state index < -0.39 is 0 Å². The third-order valence-electron chi connectivity index (χ3n) is 2.66. The minimum Gasteiger partial charge on any atom is -0.493 e. The maximum Gasteiger partial charge on any atom is 0.235 e. The highest BCUT2D eigenvalue weighted by Crippen LogP contribution is 2.32. The third kappa shape index (κ3) is 2.30.